The van der Waals surface area contributed by atoms with Crippen LogP contribution in [0.2, 0.25) is 0 Å². The zero-order valence-corrected chi connectivity index (χ0v) is 28.5. The molecule has 7 atom stereocenters. The fourth-order valence-electron chi connectivity index (χ4n) is 8.68. The normalized spacial score (nSPS) is 26.8. The molecule has 2 aliphatic carbocycles. The van der Waals surface area contributed by atoms with Gasteiger partial charge in [0, 0.05) is 31.6 Å². The summed E-state index contributed by atoms with van der Waals surface area (Å²) in [6.45, 7) is -0.144. The van der Waals surface area contributed by atoms with Crippen LogP contribution in [0.1, 0.15) is 22.8 Å². The number of H-pyrrole nitrogens is 1. The van der Waals surface area contributed by atoms with E-state index in [1.807, 2.05) is 91.0 Å². The first-order valence-electron chi connectivity index (χ1n) is 15.9. The summed E-state index contributed by atoms with van der Waals surface area (Å²) < 4.78 is 6.77. The van der Waals surface area contributed by atoms with Gasteiger partial charge < -0.3 is 15.0 Å². The summed E-state index contributed by atoms with van der Waals surface area (Å²) in [6, 6.07) is 28.7. The molecular weight excluding hydrogens is 710 g/mol. The maximum absolute atomic E-state index is 14.0. The van der Waals surface area contributed by atoms with E-state index in [-0.39, 0.29) is 70.0 Å². The highest BCUT2D eigenvalue weighted by atomic mass is 79.9. The molecule has 4 aromatic carbocycles. The third kappa shape index (κ3) is 4.69. The van der Waals surface area contributed by atoms with Crippen LogP contribution in [0.15, 0.2) is 105 Å². The van der Waals surface area contributed by atoms with Crippen LogP contribution in [0.25, 0.3) is 10.8 Å². The maximum Gasteiger partial charge on any atom is 0.305 e. The molecule has 8 nitrogen and oxygen atoms in total. The van der Waals surface area contributed by atoms with Crippen molar-refractivity contribution in [3.8, 4) is 5.75 Å². The minimum absolute atomic E-state index is 0.0263. The van der Waals surface area contributed by atoms with Gasteiger partial charge in [0.05, 0.1) is 22.5 Å². The molecule has 240 valence electrons. The van der Waals surface area contributed by atoms with E-state index < -0.39 is 0 Å². The van der Waals surface area contributed by atoms with Crippen LogP contribution in [-0.4, -0.2) is 34.6 Å². The van der Waals surface area contributed by atoms with Gasteiger partial charge in [-0.05, 0) is 77.6 Å². The van der Waals surface area contributed by atoms with E-state index in [1.165, 1.54) is 16.2 Å². The van der Waals surface area contributed by atoms with Gasteiger partial charge in [0.1, 0.15) is 5.75 Å². The van der Waals surface area contributed by atoms with Crippen molar-refractivity contribution in [3.05, 3.63) is 116 Å². The number of carbonyl (C=O) groups is 3. The van der Waals surface area contributed by atoms with Crippen molar-refractivity contribution in [2.45, 2.75) is 22.6 Å². The number of nitrogens with zero attached hydrogens (tertiary/aromatic N) is 1. The van der Waals surface area contributed by atoms with E-state index in [0.717, 1.165) is 42.8 Å². The molecule has 4 aliphatic rings. The number of aromatic nitrogens is 1. The molecule has 3 heterocycles. The lowest BCUT2D eigenvalue weighted by atomic mass is 9.68. The van der Waals surface area contributed by atoms with Crippen LogP contribution in [0.3, 0.4) is 0 Å². The standard InChI is InChI=1S/C37H28BrN3O5S2/c38-20-10-12-21(13-11-20)41-35(43)30-24-16-25(31(30)36(41)44)32-29(24)28(33-34(47-32)40-37(45)48-33)19-8-14-22(15-9-19)46-17-27(42)39-26-7-3-5-18-4-1-2-6-23(18)26/h1-15,24-25,28-32H,16-17H2,(H,39,42)(H,40,45)/t24-,25-,28+,29-,30+,31+,32-/m1/s1. The van der Waals surface area contributed by atoms with Gasteiger partial charge >= 0.3 is 4.87 Å². The minimum Gasteiger partial charge on any atom is -0.484 e. The molecule has 11 heteroatoms. The summed E-state index contributed by atoms with van der Waals surface area (Å²) in [4.78, 5) is 58.6. The smallest absolute Gasteiger partial charge is 0.305 e. The number of carbonyl (C=O) groups excluding carboxylic acids is 3. The number of anilines is 2. The molecule has 5 aromatic rings. The Balaban J connectivity index is 0.966. The van der Waals surface area contributed by atoms with E-state index in [9.17, 15) is 19.2 Å². The summed E-state index contributed by atoms with van der Waals surface area (Å²) in [5, 5.41) is 5.94. The first-order chi connectivity index (χ1) is 23.4. The average molecular weight is 739 g/mol. The van der Waals surface area contributed by atoms with Crippen molar-refractivity contribution in [1.29, 1.82) is 0 Å². The number of nitrogens with one attached hydrogen (secondary N) is 2. The second-order valence-corrected chi connectivity index (χ2v) is 16.0. The van der Waals surface area contributed by atoms with Gasteiger partial charge in [0.25, 0.3) is 5.91 Å². The lowest BCUT2D eigenvalue weighted by Gasteiger charge is -2.43. The second kappa shape index (κ2) is 11.5. The summed E-state index contributed by atoms with van der Waals surface area (Å²) in [6.07, 6.45) is 0.825. The molecule has 3 fully saturated rings. The number of ether oxygens (including phenoxy) is 1. The molecule has 2 aliphatic heterocycles. The number of imide groups is 1. The predicted molar refractivity (Wildman–Crippen MR) is 190 cm³/mol. The largest absolute Gasteiger partial charge is 0.484 e. The number of amides is 3. The number of fused-ring (bicyclic) bond motifs is 10. The van der Waals surface area contributed by atoms with Gasteiger partial charge in [-0.1, -0.05) is 75.8 Å². The highest BCUT2D eigenvalue weighted by molar-refractivity contribution is 9.10. The summed E-state index contributed by atoms with van der Waals surface area (Å²) in [7, 11) is 0. The lowest BCUT2D eigenvalue weighted by Crippen LogP contribution is -2.42. The van der Waals surface area contributed by atoms with Gasteiger partial charge in [0.15, 0.2) is 6.61 Å². The highest BCUT2D eigenvalue weighted by Gasteiger charge is 2.69. The topological polar surface area (TPSA) is 109 Å². The van der Waals surface area contributed by atoms with Crippen molar-refractivity contribution in [2.24, 2.45) is 29.6 Å². The highest BCUT2D eigenvalue weighted by Crippen LogP contribution is 2.68. The number of hydrogen-bond acceptors (Lipinski definition) is 7. The molecule has 48 heavy (non-hydrogen) atoms. The Hall–Kier alpha value is -4.19. The van der Waals surface area contributed by atoms with Gasteiger partial charge in [0.2, 0.25) is 11.8 Å². The molecule has 9 rings (SSSR count). The average Bonchev–Trinajstić information content (AvgIpc) is 3.83. The molecule has 2 bridgehead atoms. The zero-order valence-electron chi connectivity index (χ0n) is 25.3. The zero-order chi connectivity index (χ0) is 32.7. The lowest BCUT2D eigenvalue weighted by molar-refractivity contribution is -0.123. The SMILES string of the molecule is O=C(COc1ccc([C@@H]2c3sc(=O)[nH]c3S[C@@H]3[C@@H]4C[C@@H]([C@@H]5C(=O)N(c6ccc(Br)cc6)C(=O)[C@@H]45)[C@H]23)cc1)Nc1cccc2ccccc12. The van der Waals surface area contributed by atoms with Crippen molar-refractivity contribution in [2.75, 3.05) is 16.8 Å². The first kappa shape index (κ1) is 29.9. The van der Waals surface area contributed by atoms with Crippen molar-refractivity contribution < 1.29 is 19.1 Å². The van der Waals surface area contributed by atoms with Gasteiger partial charge in [-0.15, -0.1) is 11.8 Å². The molecule has 2 saturated carbocycles. The van der Waals surface area contributed by atoms with Crippen LogP contribution in [0.4, 0.5) is 11.4 Å². The molecule has 0 spiro atoms. The van der Waals surface area contributed by atoms with Crippen LogP contribution in [-0.2, 0) is 14.4 Å². The summed E-state index contributed by atoms with van der Waals surface area (Å²) in [5.74, 6) is -0.545. The van der Waals surface area contributed by atoms with Crippen LogP contribution >= 0.6 is 39.0 Å². The minimum atomic E-state index is -0.365. The molecule has 2 N–H and O–H groups in total. The molecule has 0 radical (unpaired) electrons. The van der Waals surface area contributed by atoms with E-state index in [2.05, 4.69) is 26.2 Å². The number of benzene rings is 4. The van der Waals surface area contributed by atoms with Gasteiger partial charge in [-0.3, -0.25) is 24.1 Å². The molecular formula is C37H28BrN3O5S2. The number of thiazole rings is 1. The molecule has 1 saturated heterocycles. The Morgan fingerprint density at radius 1 is 0.896 bits per heavy atom. The van der Waals surface area contributed by atoms with Crippen molar-refractivity contribution in [3.63, 3.8) is 0 Å². The van der Waals surface area contributed by atoms with E-state index in [4.69, 9.17) is 4.74 Å². The van der Waals surface area contributed by atoms with E-state index in [0.29, 0.717) is 11.4 Å². The fraction of sp³-hybridized carbons (Fsp3) is 0.243. The van der Waals surface area contributed by atoms with Crippen LogP contribution in [0.5, 0.6) is 5.75 Å². The van der Waals surface area contributed by atoms with Crippen molar-refractivity contribution >= 4 is 78.9 Å². The first-order valence-corrected chi connectivity index (χ1v) is 18.4. The van der Waals surface area contributed by atoms with Gasteiger partial charge in [-0.2, -0.15) is 0 Å². The number of aromatic amines is 1. The van der Waals surface area contributed by atoms with Crippen LogP contribution < -0.4 is 19.8 Å². The maximum atomic E-state index is 14.0. The number of halogens is 1. The molecule has 1 aromatic heterocycles. The summed E-state index contributed by atoms with van der Waals surface area (Å²) in [5.41, 5.74) is 2.37. The van der Waals surface area contributed by atoms with Crippen LogP contribution in [0, 0.1) is 29.6 Å². The predicted octanol–water partition coefficient (Wildman–Crippen LogP) is 7.05. The van der Waals surface area contributed by atoms with Crippen molar-refractivity contribution in [1.82, 2.24) is 4.98 Å². The quantitative estimate of drug-likeness (QED) is 0.181. The fourth-order valence-corrected chi connectivity index (χ4v) is 11.8. The molecule has 3 amide bonds. The second-order valence-electron chi connectivity index (χ2n) is 12.9. The van der Waals surface area contributed by atoms with E-state index in [1.54, 1.807) is 11.8 Å². The molecule has 0 unspecified atom stereocenters. The Labute approximate surface area is 292 Å². The monoisotopic (exact) mass is 737 g/mol. The van der Waals surface area contributed by atoms with E-state index >= 15 is 0 Å². The third-order valence-electron chi connectivity index (χ3n) is 10.5. The Kier molecular flexibility index (Phi) is 7.14. The number of rotatable bonds is 6. The van der Waals surface area contributed by atoms with Gasteiger partial charge in [-0.25, -0.2) is 0 Å². The Morgan fingerprint density at radius 2 is 1.62 bits per heavy atom. The number of hydrogen-bond donors (Lipinski definition) is 2. The Morgan fingerprint density at radius 3 is 2.42 bits per heavy atom. The number of thioether (sulfide) groups is 1. The summed E-state index contributed by atoms with van der Waals surface area (Å²) >= 11 is 6.35. The Bertz CT molecular complexity index is 2180. The third-order valence-corrected chi connectivity index (χ3v) is 13.6.